The highest BCUT2D eigenvalue weighted by molar-refractivity contribution is 7.99. The van der Waals surface area contributed by atoms with Crippen LogP contribution in [-0.4, -0.2) is 22.5 Å². The van der Waals surface area contributed by atoms with Crippen LogP contribution in [0.4, 0.5) is 0 Å². The summed E-state index contributed by atoms with van der Waals surface area (Å²) in [6.45, 7) is 4.88. The van der Waals surface area contributed by atoms with Crippen molar-refractivity contribution in [3.63, 3.8) is 0 Å². The molecule has 0 bridgehead atoms. The zero-order valence-electron chi connectivity index (χ0n) is 9.32. The van der Waals surface area contributed by atoms with Gasteiger partial charge in [0.1, 0.15) is 5.01 Å². The van der Waals surface area contributed by atoms with Gasteiger partial charge in [-0.05, 0) is 5.25 Å². The van der Waals surface area contributed by atoms with Gasteiger partial charge in [-0.3, -0.25) is 0 Å². The van der Waals surface area contributed by atoms with Crippen LogP contribution in [0.1, 0.15) is 29.4 Å². The minimum absolute atomic E-state index is 0.0582. The fourth-order valence-electron chi connectivity index (χ4n) is 1.11. The number of aliphatic hydroxyl groups is 1. The molecule has 0 aliphatic rings. The monoisotopic (exact) mass is 247 g/mol. The summed E-state index contributed by atoms with van der Waals surface area (Å²) in [5.41, 5.74) is 0.879. The van der Waals surface area contributed by atoms with Crippen LogP contribution >= 0.6 is 23.1 Å². The maximum atomic E-state index is 9.14. The lowest BCUT2D eigenvalue weighted by Crippen LogP contribution is -1.93. The highest BCUT2D eigenvalue weighted by Gasteiger charge is 2.10. The van der Waals surface area contributed by atoms with Gasteiger partial charge < -0.3 is 9.84 Å². The van der Waals surface area contributed by atoms with E-state index >= 15 is 0 Å². The summed E-state index contributed by atoms with van der Waals surface area (Å²) < 4.78 is 5.04. The lowest BCUT2D eigenvalue weighted by molar-refractivity contribution is 0.178. The first kappa shape index (κ1) is 13.0. The first-order chi connectivity index (χ1) is 7.17. The van der Waals surface area contributed by atoms with Gasteiger partial charge in [-0.15, -0.1) is 11.3 Å². The number of aliphatic hydroxyl groups excluding tert-OH is 1. The molecule has 0 saturated carbocycles. The quantitative estimate of drug-likeness (QED) is 0.838. The summed E-state index contributed by atoms with van der Waals surface area (Å²) >= 11 is 3.44. The third kappa shape index (κ3) is 4.10. The molecule has 0 unspecified atom stereocenters. The molecule has 0 amide bonds. The Balaban J connectivity index is 2.65. The van der Waals surface area contributed by atoms with E-state index in [0.29, 0.717) is 11.9 Å². The molecular weight excluding hydrogens is 230 g/mol. The van der Waals surface area contributed by atoms with E-state index < -0.39 is 0 Å². The standard InChI is InChI=1S/C10H17NO2S2/c1-7(2)14-6-10-11-8(5-13-3)9(4-12)15-10/h7,12H,4-6H2,1-3H3. The number of thioether (sulfide) groups is 1. The van der Waals surface area contributed by atoms with E-state index in [1.807, 2.05) is 11.8 Å². The molecule has 0 saturated heterocycles. The Morgan fingerprint density at radius 3 is 2.80 bits per heavy atom. The highest BCUT2D eigenvalue weighted by Crippen LogP contribution is 2.24. The average molecular weight is 247 g/mol. The van der Waals surface area contributed by atoms with Gasteiger partial charge in [0.25, 0.3) is 0 Å². The van der Waals surface area contributed by atoms with Crippen molar-refractivity contribution in [1.29, 1.82) is 0 Å². The third-order valence-corrected chi connectivity index (χ3v) is 4.16. The van der Waals surface area contributed by atoms with Crippen LogP contribution in [0.15, 0.2) is 0 Å². The number of rotatable bonds is 6. The van der Waals surface area contributed by atoms with Gasteiger partial charge in [0, 0.05) is 12.9 Å². The van der Waals surface area contributed by atoms with Crippen LogP contribution < -0.4 is 0 Å². The fraction of sp³-hybridized carbons (Fsp3) is 0.700. The van der Waals surface area contributed by atoms with E-state index in [-0.39, 0.29) is 6.61 Å². The number of methoxy groups -OCH3 is 1. The zero-order valence-corrected chi connectivity index (χ0v) is 11.0. The number of nitrogens with zero attached hydrogens (tertiary/aromatic N) is 1. The average Bonchev–Trinajstić information content (AvgIpc) is 2.58. The second kappa shape index (κ2) is 6.48. The minimum atomic E-state index is 0.0582. The summed E-state index contributed by atoms with van der Waals surface area (Å²) in [7, 11) is 1.64. The SMILES string of the molecule is COCc1nc(CSC(C)C)sc1CO. The normalized spacial score (nSPS) is 11.3. The lowest BCUT2D eigenvalue weighted by atomic mass is 10.4. The van der Waals surface area contributed by atoms with Crippen molar-refractivity contribution in [2.45, 2.75) is 38.1 Å². The minimum Gasteiger partial charge on any atom is -0.391 e. The topological polar surface area (TPSA) is 42.4 Å². The Morgan fingerprint density at radius 1 is 1.53 bits per heavy atom. The molecule has 3 nitrogen and oxygen atoms in total. The molecule has 0 fully saturated rings. The molecule has 1 heterocycles. The predicted molar refractivity (Wildman–Crippen MR) is 65.2 cm³/mol. The summed E-state index contributed by atoms with van der Waals surface area (Å²) in [4.78, 5) is 5.38. The third-order valence-electron chi connectivity index (χ3n) is 1.79. The van der Waals surface area contributed by atoms with Crippen LogP contribution in [0.2, 0.25) is 0 Å². The Morgan fingerprint density at radius 2 is 2.27 bits per heavy atom. The molecule has 0 atom stereocenters. The van der Waals surface area contributed by atoms with Crippen molar-refractivity contribution in [2.24, 2.45) is 0 Å². The van der Waals surface area contributed by atoms with E-state index in [1.54, 1.807) is 18.4 Å². The van der Waals surface area contributed by atoms with Crippen molar-refractivity contribution < 1.29 is 9.84 Å². The molecule has 0 aliphatic heterocycles. The molecule has 0 spiro atoms. The molecule has 1 aromatic heterocycles. The van der Waals surface area contributed by atoms with E-state index in [0.717, 1.165) is 21.3 Å². The zero-order chi connectivity index (χ0) is 11.3. The lowest BCUT2D eigenvalue weighted by Gasteiger charge is -2.00. The molecular formula is C10H17NO2S2. The van der Waals surface area contributed by atoms with Gasteiger partial charge in [-0.2, -0.15) is 11.8 Å². The molecule has 0 aromatic carbocycles. The number of thiazole rings is 1. The van der Waals surface area contributed by atoms with Crippen LogP contribution in [0.5, 0.6) is 0 Å². The summed E-state index contributed by atoms with van der Waals surface area (Å²) in [6.07, 6.45) is 0. The van der Waals surface area contributed by atoms with Crippen LogP contribution in [0.25, 0.3) is 0 Å². The molecule has 1 rings (SSSR count). The van der Waals surface area contributed by atoms with E-state index in [9.17, 15) is 0 Å². The number of ether oxygens (including phenoxy) is 1. The van der Waals surface area contributed by atoms with Gasteiger partial charge >= 0.3 is 0 Å². The van der Waals surface area contributed by atoms with Crippen molar-refractivity contribution >= 4 is 23.1 Å². The fourth-order valence-corrected chi connectivity index (χ4v) is 2.82. The Bertz CT molecular complexity index is 300. The molecule has 1 aromatic rings. The maximum absolute atomic E-state index is 9.14. The molecule has 15 heavy (non-hydrogen) atoms. The van der Waals surface area contributed by atoms with Gasteiger partial charge in [0.15, 0.2) is 0 Å². The van der Waals surface area contributed by atoms with Crippen molar-refractivity contribution in [2.75, 3.05) is 7.11 Å². The van der Waals surface area contributed by atoms with Crippen molar-refractivity contribution in [3.05, 3.63) is 15.6 Å². The molecule has 0 aliphatic carbocycles. The maximum Gasteiger partial charge on any atom is 0.103 e. The van der Waals surface area contributed by atoms with Gasteiger partial charge in [-0.25, -0.2) is 4.98 Å². The number of hydrogen-bond acceptors (Lipinski definition) is 5. The molecule has 86 valence electrons. The van der Waals surface area contributed by atoms with Gasteiger partial charge in [-0.1, -0.05) is 13.8 Å². The Labute approximate surface area is 98.9 Å². The van der Waals surface area contributed by atoms with Gasteiger partial charge in [0.05, 0.1) is 23.8 Å². The number of aromatic nitrogens is 1. The predicted octanol–water partition coefficient (Wildman–Crippen LogP) is 2.42. The first-order valence-electron chi connectivity index (χ1n) is 4.86. The summed E-state index contributed by atoms with van der Waals surface area (Å²) in [6, 6.07) is 0. The van der Waals surface area contributed by atoms with Crippen molar-refractivity contribution in [3.8, 4) is 0 Å². The summed E-state index contributed by atoms with van der Waals surface area (Å²) in [5, 5.41) is 10.8. The first-order valence-corrected chi connectivity index (χ1v) is 6.72. The van der Waals surface area contributed by atoms with Crippen LogP contribution in [0, 0.1) is 0 Å². The molecule has 1 N–H and O–H groups in total. The van der Waals surface area contributed by atoms with Crippen LogP contribution in [-0.2, 0) is 23.7 Å². The smallest absolute Gasteiger partial charge is 0.103 e. The molecule has 0 radical (unpaired) electrons. The largest absolute Gasteiger partial charge is 0.391 e. The van der Waals surface area contributed by atoms with E-state index in [4.69, 9.17) is 9.84 Å². The number of hydrogen-bond donors (Lipinski definition) is 1. The second-order valence-electron chi connectivity index (χ2n) is 3.43. The second-order valence-corrected chi connectivity index (χ2v) is 6.16. The summed E-state index contributed by atoms with van der Waals surface area (Å²) in [5.74, 6) is 0.916. The Hall–Kier alpha value is -0.100. The van der Waals surface area contributed by atoms with E-state index in [1.165, 1.54) is 0 Å². The van der Waals surface area contributed by atoms with Gasteiger partial charge in [0.2, 0.25) is 0 Å². The van der Waals surface area contributed by atoms with Crippen molar-refractivity contribution in [1.82, 2.24) is 4.98 Å². The Kier molecular flexibility index (Phi) is 5.60. The highest BCUT2D eigenvalue weighted by atomic mass is 32.2. The van der Waals surface area contributed by atoms with E-state index in [2.05, 4.69) is 18.8 Å². The van der Waals surface area contributed by atoms with Crippen LogP contribution in [0.3, 0.4) is 0 Å². The molecule has 5 heteroatoms.